The fourth-order valence-electron chi connectivity index (χ4n) is 1.09. The van der Waals surface area contributed by atoms with E-state index in [2.05, 4.69) is 23.2 Å². The van der Waals surface area contributed by atoms with Gasteiger partial charge < -0.3 is 10.1 Å². The SMILES string of the molecule is CN1CCC=C(/C=N\O)C1.Cl. The van der Waals surface area contributed by atoms with Crippen molar-refractivity contribution in [1.82, 2.24) is 4.90 Å². The zero-order valence-corrected chi connectivity index (χ0v) is 7.34. The first-order valence-corrected chi connectivity index (χ1v) is 3.38. The van der Waals surface area contributed by atoms with Gasteiger partial charge in [-0.3, -0.25) is 0 Å². The second-order valence-electron chi connectivity index (χ2n) is 2.55. The van der Waals surface area contributed by atoms with Crippen LogP contribution in [0.1, 0.15) is 6.42 Å². The predicted octanol–water partition coefficient (Wildman–Crippen LogP) is 1.13. The van der Waals surface area contributed by atoms with Gasteiger partial charge >= 0.3 is 0 Å². The van der Waals surface area contributed by atoms with Crippen LogP contribution < -0.4 is 0 Å². The van der Waals surface area contributed by atoms with Crippen molar-refractivity contribution in [1.29, 1.82) is 0 Å². The number of hydrogen-bond donors (Lipinski definition) is 1. The van der Waals surface area contributed by atoms with Gasteiger partial charge in [-0.2, -0.15) is 0 Å². The molecule has 0 saturated heterocycles. The summed E-state index contributed by atoms with van der Waals surface area (Å²) < 4.78 is 0. The summed E-state index contributed by atoms with van der Waals surface area (Å²) in [6.45, 7) is 1.99. The topological polar surface area (TPSA) is 35.8 Å². The average Bonchev–Trinajstić information content (AvgIpc) is 1.88. The predicted molar refractivity (Wildman–Crippen MR) is 47.7 cm³/mol. The van der Waals surface area contributed by atoms with Crippen LogP contribution in [0.4, 0.5) is 0 Å². The Hall–Kier alpha value is -0.540. The van der Waals surface area contributed by atoms with E-state index in [1.54, 1.807) is 0 Å². The minimum Gasteiger partial charge on any atom is -0.411 e. The van der Waals surface area contributed by atoms with Crippen LogP contribution in [-0.2, 0) is 0 Å². The fraction of sp³-hybridized carbons (Fsp3) is 0.571. The van der Waals surface area contributed by atoms with E-state index >= 15 is 0 Å². The van der Waals surface area contributed by atoms with Crippen LogP contribution in [0.15, 0.2) is 16.8 Å². The molecule has 3 nitrogen and oxygen atoms in total. The Kier molecular flexibility index (Phi) is 4.90. The van der Waals surface area contributed by atoms with Crippen molar-refractivity contribution in [3.63, 3.8) is 0 Å². The highest BCUT2D eigenvalue weighted by Gasteiger charge is 2.05. The second-order valence-corrected chi connectivity index (χ2v) is 2.55. The Morgan fingerprint density at radius 3 is 3.00 bits per heavy atom. The average molecular weight is 177 g/mol. The molecule has 0 aromatic rings. The first-order chi connectivity index (χ1) is 4.83. The summed E-state index contributed by atoms with van der Waals surface area (Å²) in [5.41, 5.74) is 1.09. The molecule has 0 aliphatic carbocycles. The second kappa shape index (κ2) is 5.16. The van der Waals surface area contributed by atoms with Gasteiger partial charge in [-0.1, -0.05) is 11.2 Å². The molecule has 4 heteroatoms. The third-order valence-corrected chi connectivity index (χ3v) is 1.59. The third kappa shape index (κ3) is 3.39. The molecule has 11 heavy (non-hydrogen) atoms. The van der Waals surface area contributed by atoms with Crippen LogP contribution in [0.2, 0.25) is 0 Å². The van der Waals surface area contributed by atoms with Gasteiger partial charge in [0.2, 0.25) is 0 Å². The molecule has 0 spiro atoms. The monoisotopic (exact) mass is 176 g/mol. The van der Waals surface area contributed by atoms with Crippen LogP contribution in [0.3, 0.4) is 0 Å². The Bertz CT molecular complexity index is 168. The van der Waals surface area contributed by atoms with E-state index in [0.717, 1.165) is 25.1 Å². The molecule has 0 saturated carbocycles. The Labute approximate surface area is 72.8 Å². The van der Waals surface area contributed by atoms with Crippen molar-refractivity contribution in [2.24, 2.45) is 5.16 Å². The van der Waals surface area contributed by atoms with Crippen molar-refractivity contribution in [2.75, 3.05) is 20.1 Å². The van der Waals surface area contributed by atoms with E-state index in [-0.39, 0.29) is 12.4 Å². The van der Waals surface area contributed by atoms with Gasteiger partial charge in [-0.25, -0.2) is 0 Å². The first kappa shape index (κ1) is 10.5. The lowest BCUT2D eigenvalue weighted by molar-refractivity contribution is 0.319. The van der Waals surface area contributed by atoms with Gasteiger partial charge in [-0.05, 0) is 19.0 Å². The van der Waals surface area contributed by atoms with Gasteiger partial charge in [0.05, 0.1) is 6.21 Å². The third-order valence-electron chi connectivity index (χ3n) is 1.59. The summed E-state index contributed by atoms with van der Waals surface area (Å²) in [6.07, 6.45) is 4.65. The Morgan fingerprint density at radius 1 is 1.73 bits per heavy atom. The number of hydrogen-bond acceptors (Lipinski definition) is 3. The van der Waals surface area contributed by atoms with Crippen molar-refractivity contribution < 1.29 is 5.21 Å². The minimum atomic E-state index is 0. The standard InChI is InChI=1S/C7H12N2O.ClH/c1-9-4-2-3-7(6-9)5-8-10;/h3,5,10H,2,4,6H2,1H3;1H/b8-5-;. The number of likely N-dealkylation sites (N-methyl/N-ethyl adjacent to an activating group) is 1. The van der Waals surface area contributed by atoms with Gasteiger partial charge in [0.1, 0.15) is 0 Å². The van der Waals surface area contributed by atoms with Crippen molar-refractivity contribution >= 4 is 18.6 Å². The summed E-state index contributed by atoms with van der Waals surface area (Å²) in [7, 11) is 2.05. The Morgan fingerprint density at radius 2 is 2.45 bits per heavy atom. The summed E-state index contributed by atoms with van der Waals surface area (Å²) in [6, 6.07) is 0. The van der Waals surface area contributed by atoms with Crippen molar-refractivity contribution in [2.45, 2.75) is 6.42 Å². The molecule has 0 unspecified atom stereocenters. The maximum atomic E-state index is 8.21. The first-order valence-electron chi connectivity index (χ1n) is 3.38. The molecule has 1 heterocycles. The zero-order valence-electron chi connectivity index (χ0n) is 6.53. The molecular weight excluding hydrogens is 164 g/mol. The highest BCUT2D eigenvalue weighted by molar-refractivity contribution is 5.85. The van der Waals surface area contributed by atoms with Gasteiger partial charge in [0, 0.05) is 13.1 Å². The molecule has 0 atom stereocenters. The van der Waals surface area contributed by atoms with E-state index in [1.165, 1.54) is 6.21 Å². The van der Waals surface area contributed by atoms with Crippen LogP contribution >= 0.6 is 12.4 Å². The molecule has 1 aliphatic rings. The molecule has 0 amide bonds. The van der Waals surface area contributed by atoms with E-state index in [4.69, 9.17) is 5.21 Å². The normalized spacial score (nSPS) is 19.5. The Balaban J connectivity index is 0.000001000. The number of halogens is 1. The molecule has 0 radical (unpaired) electrons. The molecular formula is C7H13ClN2O. The quantitative estimate of drug-likeness (QED) is 0.370. The van der Waals surface area contributed by atoms with Crippen LogP contribution in [0, 0.1) is 0 Å². The minimum absolute atomic E-state index is 0. The lowest BCUT2D eigenvalue weighted by Crippen LogP contribution is -2.25. The lowest BCUT2D eigenvalue weighted by atomic mass is 10.1. The molecule has 0 bridgehead atoms. The molecule has 0 aromatic heterocycles. The number of rotatable bonds is 1. The van der Waals surface area contributed by atoms with Gasteiger partial charge in [0.15, 0.2) is 0 Å². The summed E-state index contributed by atoms with van der Waals surface area (Å²) in [4.78, 5) is 2.19. The largest absolute Gasteiger partial charge is 0.411 e. The summed E-state index contributed by atoms with van der Waals surface area (Å²) in [5.74, 6) is 0. The van der Waals surface area contributed by atoms with Crippen LogP contribution in [-0.4, -0.2) is 36.5 Å². The molecule has 0 aromatic carbocycles. The fourth-order valence-corrected chi connectivity index (χ4v) is 1.09. The number of nitrogens with zero attached hydrogens (tertiary/aromatic N) is 2. The van der Waals surface area contributed by atoms with Crippen LogP contribution in [0.5, 0.6) is 0 Å². The smallest absolute Gasteiger partial charge is 0.0703 e. The van der Waals surface area contributed by atoms with E-state index in [0.29, 0.717) is 0 Å². The van der Waals surface area contributed by atoms with E-state index in [9.17, 15) is 0 Å². The number of oxime groups is 1. The van der Waals surface area contributed by atoms with Gasteiger partial charge in [-0.15, -0.1) is 12.4 Å². The summed E-state index contributed by atoms with van der Waals surface area (Å²) >= 11 is 0. The van der Waals surface area contributed by atoms with Crippen LogP contribution in [0.25, 0.3) is 0 Å². The molecule has 64 valence electrons. The maximum absolute atomic E-state index is 8.21. The highest BCUT2D eigenvalue weighted by Crippen LogP contribution is 2.04. The van der Waals surface area contributed by atoms with Crippen molar-refractivity contribution in [3.05, 3.63) is 11.6 Å². The molecule has 0 fully saturated rings. The highest BCUT2D eigenvalue weighted by atomic mass is 35.5. The van der Waals surface area contributed by atoms with Gasteiger partial charge in [0.25, 0.3) is 0 Å². The molecule has 1 rings (SSSR count). The maximum Gasteiger partial charge on any atom is 0.0703 e. The van der Waals surface area contributed by atoms with E-state index < -0.39 is 0 Å². The molecule has 1 aliphatic heterocycles. The lowest BCUT2D eigenvalue weighted by Gasteiger charge is -2.20. The molecule has 1 N–H and O–H groups in total. The summed E-state index contributed by atoms with van der Waals surface area (Å²) in [5, 5.41) is 11.2. The van der Waals surface area contributed by atoms with Crippen molar-refractivity contribution in [3.8, 4) is 0 Å². The van der Waals surface area contributed by atoms with E-state index in [1.807, 2.05) is 0 Å². The zero-order chi connectivity index (χ0) is 7.40.